The molecular weight excluding hydrogens is 523 g/mol. The monoisotopic (exact) mass is 561 g/mol. The number of ether oxygens (including phenoxy) is 2. The van der Waals surface area contributed by atoms with E-state index in [1.165, 1.54) is 7.11 Å². The number of aromatic nitrogens is 1. The number of nitrogens with zero attached hydrogens (tertiary/aromatic N) is 2. The zero-order valence-electron chi connectivity index (χ0n) is 23.7. The van der Waals surface area contributed by atoms with Crippen molar-refractivity contribution in [3.8, 4) is 0 Å². The number of methoxy groups -OCH3 is 2. The van der Waals surface area contributed by atoms with E-state index in [0.717, 1.165) is 42.1 Å². The fraction of sp³-hybridized carbons (Fsp3) is 0.533. The highest BCUT2D eigenvalue weighted by atomic mass is 19.4. The minimum absolute atomic E-state index is 0.0327. The van der Waals surface area contributed by atoms with Crippen LogP contribution in [-0.2, 0) is 14.3 Å². The number of para-hydroxylation sites is 1. The van der Waals surface area contributed by atoms with Crippen molar-refractivity contribution in [2.24, 2.45) is 5.92 Å². The minimum atomic E-state index is -4.39. The van der Waals surface area contributed by atoms with Crippen molar-refractivity contribution in [3.63, 3.8) is 0 Å². The summed E-state index contributed by atoms with van der Waals surface area (Å²) in [6, 6.07) is 7.76. The molecule has 7 nitrogen and oxygen atoms in total. The van der Waals surface area contributed by atoms with Gasteiger partial charge in [-0.1, -0.05) is 23.8 Å². The van der Waals surface area contributed by atoms with Gasteiger partial charge in [-0.25, -0.2) is 0 Å². The van der Waals surface area contributed by atoms with Crippen molar-refractivity contribution in [2.75, 3.05) is 40.4 Å². The summed E-state index contributed by atoms with van der Waals surface area (Å²) in [5.41, 5.74) is 3.67. The number of amides is 1. The molecule has 0 bridgehead atoms. The van der Waals surface area contributed by atoms with Crippen molar-refractivity contribution in [1.82, 2.24) is 14.8 Å². The van der Waals surface area contributed by atoms with Gasteiger partial charge in [0.05, 0.1) is 24.8 Å². The zero-order chi connectivity index (χ0) is 29.2. The van der Waals surface area contributed by atoms with E-state index in [1.54, 1.807) is 0 Å². The molecule has 0 spiro atoms. The third-order valence-electron chi connectivity index (χ3n) is 8.28. The first-order valence-corrected chi connectivity index (χ1v) is 13.6. The third-order valence-corrected chi connectivity index (χ3v) is 8.28. The number of likely N-dealkylation sites (tertiary alicyclic amines) is 1. The molecule has 1 aliphatic carbocycles. The number of carbonyl (C=O) groups is 2. The van der Waals surface area contributed by atoms with Crippen molar-refractivity contribution in [2.45, 2.75) is 58.4 Å². The van der Waals surface area contributed by atoms with Crippen LogP contribution in [0.5, 0.6) is 0 Å². The lowest BCUT2D eigenvalue weighted by Crippen LogP contribution is -2.45. The van der Waals surface area contributed by atoms with Crippen LogP contribution in [0.1, 0.15) is 55.2 Å². The summed E-state index contributed by atoms with van der Waals surface area (Å²) >= 11 is 0. The molecule has 2 heterocycles. The number of ketones is 1. The van der Waals surface area contributed by atoms with Gasteiger partial charge in [0.1, 0.15) is 5.76 Å². The lowest BCUT2D eigenvalue weighted by atomic mass is 9.89. The molecule has 1 aromatic carbocycles. The Kier molecular flexibility index (Phi) is 9.09. The molecule has 1 N–H and O–H groups in total. The predicted molar refractivity (Wildman–Crippen MR) is 147 cm³/mol. The Morgan fingerprint density at radius 1 is 1.15 bits per heavy atom. The summed E-state index contributed by atoms with van der Waals surface area (Å²) in [5, 5.41) is 3.75. The van der Waals surface area contributed by atoms with E-state index >= 15 is 0 Å². The predicted octanol–water partition coefficient (Wildman–Crippen LogP) is 5.35. The zero-order valence-corrected chi connectivity index (χ0v) is 23.7. The van der Waals surface area contributed by atoms with Crippen LogP contribution in [0.2, 0.25) is 0 Å². The summed E-state index contributed by atoms with van der Waals surface area (Å²) in [5.74, 6) is 0.371. The van der Waals surface area contributed by atoms with Crippen LogP contribution in [0, 0.1) is 12.8 Å². The van der Waals surface area contributed by atoms with Crippen LogP contribution in [-0.4, -0.2) is 73.8 Å². The average Bonchev–Trinajstić information content (AvgIpc) is 3.21. The summed E-state index contributed by atoms with van der Waals surface area (Å²) < 4.78 is 51.8. The van der Waals surface area contributed by atoms with Crippen LogP contribution < -0.4 is 5.32 Å². The maximum Gasteiger partial charge on any atom is 0.415 e. The number of fused-ring (bicyclic) bond motifs is 1. The topological polar surface area (TPSA) is 72.8 Å². The van der Waals surface area contributed by atoms with Crippen LogP contribution in [0.15, 0.2) is 47.2 Å². The number of hydrogen-bond acceptors (Lipinski definition) is 5. The fourth-order valence-electron chi connectivity index (χ4n) is 6.06. The van der Waals surface area contributed by atoms with Crippen LogP contribution >= 0.6 is 0 Å². The Morgan fingerprint density at radius 3 is 2.45 bits per heavy atom. The van der Waals surface area contributed by atoms with Gasteiger partial charge in [0.15, 0.2) is 11.9 Å². The summed E-state index contributed by atoms with van der Waals surface area (Å²) in [6.45, 7) is 6.90. The molecular formula is C30H38F3N3O4. The number of halogens is 3. The molecule has 1 aliphatic heterocycles. The van der Waals surface area contributed by atoms with Gasteiger partial charge in [-0.3, -0.25) is 9.59 Å². The Labute approximate surface area is 233 Å². The molecule has 1 saturated heterocycles. The van der Waals surface area contributed by atoms with Gasteiger partial charge >= 0.3 is 6.18 Å². The molecule has 1 aromatic heterocycles. The molecule has 10 heteroatoms. The number of benzene rings is 1. The number of nitrogens with one attached hydrogen (secondary N) is 1. The lowest BCUT2D eigenvalue weighted by Gasteiger charge is -2.37. The number of rotatable bonds is 9. The van der Waals surface area contributed by atoms with Gasteiger partial charge < -0.3 is 24.3 Å². The molecule has 2 aliphatic rings. The molecule has 2 aromatic rings. The summed E-state index contributed by atoms with van der Waals surface area (Å²) in [6.07, 6.45) is -2.57. The van der Waals surface area contributed by atoms with Gasteiger partial charge in [-0.2, -0.15) is 13.2 Å². The normalized spacial score (nSPS) is 19.1. The number of alkyl halides is 3. The highest BCUT2D eigenvalue weighted by Gasteiger charge is 2.41. The highest BCUT2D eigenvalue weighted by molar-refractivity contribution is 6.09. The number of allylic oxidation sites excluding steroid dienone is 2. The first-order valence-electron chi connectivity index (χ1n) is 13.6. The largest absolute Gasteiger partial charge is 0.496 e. The van der Waals surface area contributed by atoms with Crippen LogP contribution in [0.4, 0.5) is 13.2 Å². The quantitative estimate of drug-likeness (QED) is 0.447. The van der Waals surface area contributed by atoms with Gasteiger partial charge in [0.2, 0.25) is 0 Å². The molecule has 2 atom stereocenters. The molecule has 218 valence electrons. The van der Waals surface area contributed by atoms with Gasteiger partial charge in [0.25, 0.3) is 5.91 Å². The fourth-order valence-corrected chi connectivity index (χ4v) is 6.06. The molecule has 4 rings (SSSR count). The average molecular weight is 562 g/mol. The smallest absolute Gasteiger partial charge is 0.415 e. The molecule has 1 amide bonds. The number of Topliss-reactive ketones (excluding diaryl/α,β-unsaturated/α-hetero) is 1. The van der Waals surface area contributed by atoms with E-state index in [-0.39, 0.29) is 36.7 Å². The Bertz CT molecular complexity index is 1320. The van der Waals surface area contributed by atoms with Crippen LogP contribution in [0.25, 0.3) is 10.9 Å². The number of hydrogen-bond donors (Lipinski definition) is 1. The first-order chi connectivity index (χ1) is 19.0. The molecule has 0 radical (unpaired) electrons. The van der Waals surface area contributed by atoms with E-state index < -0.39 is 12.3 Å². The second kappa shape index (κ2) is 12.2. The number of carbonyl (C=O) groups excluding carboxylic acids is 2. The third kappa shape index (κ3) is 6.12. The maximum atomic E-state index is 13.5. The van der Waals surface area contributed by atoms with E-state index in [4.69, 9.17) is 9.47 Å². The molecule has 1 fully saturated rings. The maximum absolute atomic E-state index is 13.5. The minimum Gasteiger partial charge on any atom is -0.496 e. The highest BCUT2D eigenvalue weighted by Crippen LogP contribution is 2.36. The Morgan fingerprint density at radius 2 is 1.82 bits per heavy atom. The Hall–Kier alpha value is -3.11. The standard InChI is InChI=1S/C30H38F3N3O4/c1-18-14-25(37)23(26(15-18)39-4)16-34-29(38)28-20(3)36(24-9-7-6-8-22(24)28)19(2)21-10-12-35(13-11-21)17-27(40-5)30(31,32)33/h6-9,15,19,21,27H,10-14,16-17H2,1-5H3,(H,34,38)/t19-,27+/m1/s1. The molecule has 40 heavy (non-hydrogen) atoms. The van der Waals surface area contributed by atoms with Gasteiger partial charge in [-0.05, 0) is 64.8 Å². The number of piperidine rings is 1. The van der Waals surface area contributed by atoms with Gasteiger partial charge in [-0.15, -0.1) is 0 Å². The van der Waals surface area contributed by atoms with Crippen molar-refractivity contribution in [3.05, 3.63) is 58.5 Å². The summed E-state index contributed by atoms with van der Waals surface area (Å²) in [4.78, 5) is 28.0. The molecule has 0 saturated carbocycles. The Balaban J connectivity index is 1.52. The second-order valence-corrected chi connectivity index (χ2v) is 10.8. The second-order valence-electron chi connectivity index (χ2n) is 10.8. The summed E-state index contributed by atoms with van der Waals surface area (Å²) in [7, 11) is 2.61. The first kappa shape index (κ1) is 29.9. The van der Waals surface area contributed by atoms with Crippen LogP contribution in [0.3, 0.4) is 0 Å². The van der Waals surface area contributed by atoms with Crippen molar-refractivity contribution < 1.29 is 32.2 Å². The van der Waals surface area contributed by atoms with Gasteiger partial charge in [0, 0.05) is 42.7 Å². The van der Waals surface area contributed by atoms with E-state index in [1.807, 2.05) is 49.1 Å². The lowest BCUT2D eigenvalue weighted by molar-refractivity contribution is -0.217. The SMILES string of the molecule is COC1=C(CNC(=O)c2c(C)n([C@H](C)C3CCN(C[C@H](OC)C(F)(F)F)CC3)c3ccccc23)C(=O)CC(C)=C1. The van der Waals surface area contributed by atoms with Crippen molar-refractivity contribution >= 4 is 22.6 Å². The van der Waals surface area contributed by atoms with E-state index in [9.17, 15) is 22.8 Å². The molecule has 0 unspecified atom stereocenters. The van der Waals surface area contributed by atoms with E-state index in [0.29, 0.717) is 36.4 Å². The van der Waals surface area contributed by atoms with E-state index in [2.05, 4.69) is 16.8 Å². The van der Waals surface area contributed by atoms with Crippen molar-refractivity contribution in [1.29, 1.82) is 0 Å².